The first kappa shape index (κ1) is 26.6. The number of nitrogens with two attached hydrogens (primary N) is 1. The highest BCUT2D eigenvalue weighted by molar-refractivity contribution is 7.17. The molecule has 0 unspecified atom stereocenters. The molecule has 10 nitrogen and oxygen atoms in total. The number of hydrogen-bond acceptors (Lipinski definition) is 8. The van der Waals surface area contributed by atoms with E-state index in [0.29, 0.717) is 47.5 Å². The number of nitrogens with one attached hydrogen (secondary N) is 1. The second kappa shape index (κ2) is 11.8. The zero-order valence-corrected chi connectivity index (χ0v) is 22.5. The van der Waals surface area contributed by atoms with Crippen molar-refractivity contribution in [1.29, 1.82) is 0 Å². The number of piperidine rings is 1. The number of fused-ring (bicyclic) bond motifs is 5. The molecule has 3 heterocycles. The molecular weight excluding hydrogens is 518 g/mol. The van der Waals surface area contributed by atoms with Gasteiger partial charge in [0.15, 0.2) is 5.13 Å². The number of benzene rings is 2. The van der Waals surface area contributed by atoms with E-state index in [0.717, 1.165) is 22.5 Å². The number of nitrogen functional groups attached to an aromatic ring is 1. The molecule has 1 saturated heterocycles. The number of anilines is 1. The fourth-order valence-corrected chi connectivity index (χ4v) is 5.45. The third-order valence-corrected chi connectivity index (χ3v) is 7.66. The predicted octanol–water partition coefficient (Wildman–Crippen LogP) is 2.84. The molecule has 1 aromatic heterocycles. The van der Waals surface area contributed by atoms with Crippen LogP contribution in [-0.2, 0) is 27.4 Å². The average Bonchev–Trinajstić information content (AvgIpc) is 3.36. The maximum Gasteiger partial charge on any atom is 0.265 e. The molecule has 4 bridgehead atoms. The van der Waals surface area contributed by atoms with E-state index in [1.807, 2.05) is 48.5 Å². The van der Waals surface area contributed by atoms with Crippen LogP contribution in [0.1, 0.15) is 33.6 Å². The van der Waals surface area contributed by atoms with Gasteiger partial charge in [-0.15, -0.1) is 0 Å². The SMILES string of the molecule is CN1CC(=O)N[C@H]2CN(C(=O)c3cnc(N)s3)CC[C@H]2OCc2cccc(c2)Oc2cccc(c2)CCC1=O. The van der Waals surface area contributed by atoms with Crippen LogP contribution in [-0.4, -0.2) is 71.3 Å². The second-order valence-electron chi connectivity index (χ2n) is 9.77. The Morgan fingerprint density at radius 3 is 2.59 bits per heavy atom. The van der Waals surface area contributed by atoms with Crippen LogP contribution in [0.4, 0.5) is 5.13 Å². The van der Waals surface area contributed by atoms with E-state index < -0.39 is 6.04 Å². The Bertz CT molecular complexity index is 1360. The van der Waals surface area contributed by atoms with Crippen LogP contribution in [0, 0.1) is 0 Å². The van der Waals surface area contributed by atoms with Gasteiger partial charge in [-0.05, 0) is 48.2 Å². The van der Waals surface area contributed by atoms with Crippen LogP contribution >= 0.6 is 11.3 Å². The number of ether oxygens (including phenoxy) is 2. The number of likely N-dealkylation sites (tertiary alicyclic amines) is 1. The molecule has 3 N–H and O–H groups in total. The molecule has 0 radical (unpaired) electrons. The number of aryl methyl sites for hydroxylation is 1. The van der Waals surface area contributed by atoms with Crippen LogP contribution < -0.4 is 15.8 Å². The molecule has 5 rings (SSSR count). The van der Waals surface area contributed by atoms with Gasteiger partial charge in [-0.3, -0.25) is 14.4 Å². The zero-order chi connectivity index (χ0) is 27.4. The summed E-state index contributed by atoms with van der Waals surface area (Å²) in [5, 5.41) is 3.34. The molecule has 11 heteroatoms. The molecule has 204 valence electrons. The first-order chi connectivity index (χ1) is 18.8. The van der Waals surface area contributed by atoms with Crippen LogP contribution in [0.2, 0.25) is 0 Å². The third kappa shape index (κ3) is 6.73. The number of aromatic nitrogens is 1. The normalized spacial score (nSPS) is 20.7. The molecule has 2 aliphatic heterocycles. The number of nitrogens with zero attached hydrogens (tertiary/aromatic N) is 3. The number of carbonyl (C=O) groups is 3. The van der Waals surface area contributed by atoms with E-state index in [-0.39, 0.29) is 43.3 Å². The number of likely N-dealkylation sites (N-methyl/N-ethyl adjacent to an activating group) is 1. The maximum absolute atomic E-state index is 13.1. The number of amides is 3. The summed E-state index contributed by atoms with van der Waals surface area (Å²) in [5.74, 6) is 0.739. The zero-order valence-electron chi connectivity index (χ0n) is 21.7. The van der Waals surface area contributed by atoms with E-state index in [9.17, 15) is 14.4 Å². The minimum Gasteiger partial charge on any atom is -0.457 e. The summed E-state index contributed by atoms with van der Waals surface area (Å²) in [6.07, 6.45) is 2.46. The van der Waals surface area contributed by atoms with Crippen LogP contribution in [0.25, 0.3) is 0 Å². The Labute approximate surface area is 230 Å². The van der Waals surface area contributed by atoms with E-state index in [4.69, 9.17) is 15.2 Å². The molecule has 2 atom stereocenters. The van der Waals surface area contributed by atoms with Crippen LogP contribution in [0.3, 0.4) is 0 Å². The second-order valence-corrected chi connectivity index (χ2v) is 10.8. The molecular formula is C28H31N5O5S. The number of hydrogen-bond donors (Lipinski definition) is 2. The fourth-order valence-electron chi connectivity index (χ4n) is 4.80. The molecule has 0 saturated carbocycles. The first-order valence-electron chi connectivity index (χ1n) is 12.9. The molecule has 3 aromatic rings. The topological polar surface area (TPSA) is 127 Å². The molecule has 39 heavy (non-hydrogen) atoms. The Morgan fingerprint density at radius 1 is 1.10 bits per heavy atom. The van der Waals surface area contributed by atoms with E-state index in [1.54, 1.807) is 11.9 Å². The van der Waals surface area contributed by atoms with E-state index >= 15 is 0 Å². The summed E-state index contributed by atoms with van der Waals surface area (Å²) in [7, 11) is 1.62. The highest BCUT2D eigenvalue weighted by atomic mass is 32.1. The van der Waals surface area contributed by atoms with Crippen molar-refractivity contribution in [3.05, 3.63) is 70.7 Å². The van der Waals surface area contributed by atoms with Gasteiger partial charge in [0.1, 0.15) is 16.4 Å². The van der Waals surface area contributed by atoms with Gasteiger partial charge < -0.3 is 30.3 Å². The van der Waals surface area contributed by atoms with Crippen LogP contribution in [0.15, 0.2) is 54.7 Å². The highest BCUT2D eigenvalue weighted by Gasteiger charge is 2.34. The summed E-state index contributed by atoms with van der Waals surface area (Å²) in [6, 6.07) is 14.9. The molecule has 0 aliphatic carbocycles. The third-order valence-electron chi connectivity index (χ3n) is 6.85. The molecule has 3 amide bonds. The minimum absolute atomic E-state index is 0.0907. The number of rotatable bonds is 1. The van der Waals surface area contributed by atoms with Crippen molar-refractivity contribution in [1.82, 2.24) is 20.1 Å². The lowest BCUT2D eigenvalue weighted by Crippen LogP contribution is -2.58. The van der Waals surface area contributed by atoms with Crippen molar-refractivity contribution in [2.24, 2.45) is 0 Å². The Morgan fingerprint density at radius 2 is 1.85 bits per heavy atom. The van der Waals surface area contributed by atoms with Crippen molar-refractivity contribution in [3.63, 3.8) is 0 Å². The molecule has 2 aliphatic rings. The fraction of sp³-hybridized carbons (Fsp3) is 0.357. The van der Waals surface area contributed by atoms with Gasteiger partial charge in [0.25, 0.3) is 5.91 Å². The Kier molecular flexibility index (Phi) is 8.08. The summed E-state index contributed by atoms with van der Waals surface area (Å²) < 4.78 is 12.4. The summed E-state index contributed by atoms with van der Waals surface area (Å²) in [5.41, 5.74) is 7.62. The lowest BCUT2D eigenvalue weighted by atomic mass is 10.0. The van der Waals surface area contributed by atoms with Crippen molar-refractivity contribution in [2.75, 3.05) is 32.4 Å². The van der Waals surface area contributed by atoms with Crippen molar-refractivity contribution >= 4 is 34.2 Å². The van der Waals surface area contributed by atoms with E-state index in [1.165, 1.54) is 11.1 Å². The number of carbonyl (C=O) groups excluding carboxylic acids is 3. The minimum atomic E-state index is -0.456. The Hall–Kier alpha value is -3.96. The summed E-state index contributed by atoms with van der Waals surface area (Å²) >= 11 is 1.13. The van der Waals surface area contributed by atoms with Gasteiger partial charge >= 0.3 is 0 Å². The smallest absolute Gasteiger partial charge is 0.265 e. The standard InChI is InChI=1S/C28H31N5O5S/c1-32-16-25(34)31-22-15-33(27(36)24-14-30-28(29)39-24)11-10-23(22)37-17-19-5-3-7-21(13-19)38-20-6-2-4-18(12-20)8-9-26(32)35/h2-7,12-14,22-23H,8-11,15-17H2,1H3,(H2,29,30)(H,31,34)/t22-,23+/m0/s1. The number of thiazole rings is 1. The van der Waals surface area contributed by atoms with Gasteiger partial charge in [0, 0.05) is 26.6 Å². The van der Waals surface area contributed by atoms with Gasteiger partial charge in [-0.1, -0.05) is 35.6 Å². The average molecular weight is 550 g/mol. The van der Waals surface area contributed by atoms with Gasteiger partial charge in [-0.25, -0.2) is 4.98 Å². The molecule has 2 aromatic carbocycles. The van der Waals surface area contributed by atoms with Crippen LogP contribution in [0.5, 0.6) is 11.5 Å². The summed E-state index contributed by atoms with van der Waals surface area (Å²) in [6.45, 7) is 0.951. The lowest BCUT2D eigenvalue weighted by Gasteiger charge is -2.38. The molecule has 1 fully saturated rings. The predicted molar refractivity (Wildman–Crippen MR) is 146 cm³/mol. The quantitative estimate of drug-likeness (QED) is 0.478. The highest BCUT2D eigenvalue weighted by Crippen LogP contribution is 2.26. The first-order valence-corrected chi connectivity index (χ1v) is 13.7. The Balaban J connectivity index is 1.37. The lowest BCUT2D eigenvalue weighted by molar-refractivity contribution is -0.135. The van der Waals surface area contributed by atoms with Gasteiger partial charge in [0.2, 0.25) is 11.8 Å². The van der Waals surface area contributed by atoms with Crippen molar-refractivity contribution in [2.45, 2.75) is 38.0 Å². The summed E-state index contributed by atoms with van der Waals surface area (Å²) in [4.78, 5) is 46.4. The van der Waals surface area contributed by atoms with E-state index in [2.05, 4.69) is 10.3 Å². The molecule has 0 spiro atoms. The maximum atomic E-state index is 13.1. The van der Waals surface area contributed by atoms with Gasteiger partial charge in [-0.2, -0.15) is 0 Å². The monoisotopic (exact) mass is 549 g/mol. The van der Waals surface area contributed by atoms with Crippen molar-refractivity contribution in [3.8, 4) is 11.5 Å². The van der Waals surface area contributed by atoms with Gasteiger partial charge in [0.05, 0.1) is 31.5 Å². The largest absolute Gasteiger partial charge is 0.457 e. The van der Waals surface area contributed by atoms with Crippen molar-refractivity contribution < 1.29 is 23.9 Å².